The van der Waals surface area contributed by atoms with Gasteiger partial charge in [-0.3, -0.25) is 0 Å². The van der Waals surface area contributed by atoms with Crippen molar-refractivity contribution in [2.24, 2.45) is 23.7 Å². The summed E-state index contributed by atoms with van der Waals surface area (Å²) in [7, 11) is -0.201. The predicted octanol–water partition coefficient (Wildman–Crippen LogP) is 11.8. The summed E-state index contributed by atoms with van der Waals surface area (Å²) in [6.45, 7) is 0. The van der Waals surface area contributed by atoms with E-state index in [4.69, 9.17) is 0 Å². The van der Waals surface area contributed by atoms with Gasteiger partial charge in [-0.25, -0.2) is 0 Å². The largest absolute Gasteiger partial charge is 0.0684 e. The number of fused-ring (bicyclic) bond motifs is 4. The van der Waals surface area contributed by atoms with Gasteiger partial charge in [-0.1, -0.05) is 136 Å². The molecule has 8 atom stereocenters. The summed E-state index contributed by atoms with van der Waals surface area (Å²) in [5.41, 5.74) is 5.08. The minimum Gasteiger partial charge on any atom is -0.0684 e. The Hall–Kier alpha value is -2.95. The van der Waals surface area contributed by atoms with Crippen LogP contribution in [0.5, 0.6) is 0 Å². The Bertz CT molecular complexity index is 1670. The van der Waals surface area contributed by atoms with Crippen LogP contribution in [0.4, 0.5) is 0 Å². The van der Waals surface area contributed by atoms with Crippen LogP contribution in [0.1, 0.15) is 87.2 Å². The van der Waals surface area contributed by atoms with Crippen LogP contribution in [0.25, 0.3) is 21.5 Å². The summed E-state index contributed by atoms with van der Waals surface area (Å²) in [4.78, 5) is 0. The topological polar surface area (TPSA) is 0 Å². The van der Waals surface area contributed by atoms with Crippen LogP contribution >= 0.6 is 7.92 Å². The van der Waals surface area contributed by atoms with Gasteiger partial charge in [0.05, 0.1) is 0 Å². The molecule has 4 aliphatic carbocycles. The summed E-state index contributed by atoms with van der Waals surface area (Å²) in [5.74, 6) is 4.97. The monoisotopic (exact) mass is 606 g/mol. The molecule has 0 bridgehead atoms. The van der Waals surface area contributed by atoms with Gasteiger partial charge in [-0.15, -0.1) is 0 Å². The SMILES string of the molecule is c1ccc(P(C2CCCC3C(c4cccc5ccccc45)CCC32)C2CCCC3C(c4cccc5ccccc45)CCC32)cc1. The van der Waals surface area contributed by atoms with E-state index in [1.807, 2.05) is 0 Å². The average molecular weight is 607 g/mol. The van der Waals surface area contributed by atoms with Crippen molar-refractivity contribution in [1.29, 1.82) is 0 Å². The summed E-state index contributed by atoms with van der Waals surface area (Å²) >= 11 is 0. The third kappa shape index (κ3) is 4.90. The van der Waals surface area contributed by atoms with Gasteiger partial charge in [-0.05, 0) is 136 Å². The number of hydrogen-bond donors (Lipinski definition) is 0. The molecule has 45 heavy (non-hydrogen) atoms. The number of rotatable bonds is 5. The average Bonchev–Trinajstić information content (AvgIpc) is 3.74. The van der Waals surface area contributed by atoms with Gasteiger partial charge in [0.1, 0.15) is 0 Å². The molecule has 1 heteroatoms. The number of benzene rings is 5. The second-order valence-electron chi connectivity index (χ2n) is 14.9. The highest BCUT2D eigenvalue weighted by atomic mass is 31.1. The first kappa shape index (κ1) is 28.3. The highest BCUT2D eigenvalue weighted by Gasteiger charge is 2.51. The normalized spacial score (nSPS) is 31.9. The third-order valence-corrected chi connectivity index (χ3v) is 16.6. The van der Waals surface area contributed by atoms with Crippen molar-refractivity contribution < 1.29 is 0 Å². The van der Waals surface area contributed by atoms with E-state index >= 15 is 0 Å². The van der Waals surface area contributed by atoms with Crippen molar-refractivity contribution in [2.75, 3.05) is 0 Å². The van der Waals surface area contributed by atoms with Crippen molar-refractivity contribution in [3.05, 3.63) is 126 Å². The maximum absolute atomic E-state index is 2.55. The predicted molar refractivity (Wildman–Crippen MR) is 194 cm³/mol. The molecule has 0 aliphatic heterocycles. The van der Waals surface area contributed by atoms with Crippen LogP contribution in [0.3, 0.4) is 0 Å². The van der Waals surface area contributed by atoms with Gasteiger partial charge in [0.2, 0.25) is 0 Å². The van der Waals surface area contributed by atoms with Gasteiger partial charge < -0.3 is 0 Å². The van der Waals surface area contributed by atoms with E-state index < -0.39 is 0 Å². The molecule has 4 saturated carbocycles. The first-order chi connectivity index (χ1) is 22.3. The fraction of sp³-hybridized carbons (Fsp3) is 0.409. The lowest BCUT2D eigenvalue weighted by Gasteiger charge is -2.48. The van der Waals surface area contributed by atoms with Crippen LogP contribution in [0.15, 0.2) is 115 Å². The minimum atomic E-state index is -0.201. The molecule has 0 radical (unpaired) electrons. The van der Waals surface area contributed by atoms with Crippen LogP contribution in [0.2, 0.25) is 0 Å². The molecule has 0 aromatic heterocycles. The molecule has 0 N–H and O–H groups in total. The van der Waals surface area contributed by atoms with Gasteiger partial charge in [0.25, 0.3) is 0 Å². The molecule has 9 rings (SSSR count). The van der Waals surface area contributed by atoms with E-state index in [2.05, 4.69) is 115 Å². The van der Waals surface area contributed by atoms with E-state index in [0.29, 0.717) is 0 Å². The second kappa shape index (κ2) is 12.0. The van der Waals surface area contributed by atoms with Crippen LogP contribution in [0, 0.1) is 23.7 Å². The lowest BCUT2D eigenvalue weighted by atomic mass is 9.74. The van der Waals surface area contributed by atoms with E-state index in [1.165, 1.54) is 85.8 Å². The first-order valence-corrected chi connectivity index (χ1v) is 19.6. The zero-order chi connectivity index (χ0) is 29.7. The zero-order valence-corrected chi connectivity index (χ0v) is 27.5. The summed E-state index contributed by atoms with van der Waals surface area (Å²) in [5, 5.41) is 7.60. The molecule has 5 aromatic carbocycles. The molecule has 4 fully saturated rings. The Balaban J connectivity index is 1.06. The molecule has 0 spiro atoms. The Kier molecular flexibility index (Phi) is 7.55. The van der Waals surface area contributed by atoms with Crippen molar-refractivity contribution in [2.45, 2.75) is 87.4 Å². The maximum Gasteiger partial charge on any atom is -0.0124 e. The second-order valence-corrected chi connectivity index (χ2v) is 17.6. The Morgan fingerprint density at radius 1 is 0.378 bits per heavy atom. The van der Waals surface area contributed by atoms with Gasteiger partial charge >= 0.3 is 0 Å². The third-order valence-electron chi connectivity index (χ3n) is 13.0. The van der Waals surface area contributed by atoms with Crippen molar-refractivity contribution in [3.8, 4) is 0 Å². The summed E-state index contributed by atoms with van der Waals surface area (Å²) < 4.78 is 0. The quantitative estimate of drug-likeness (QED) is 0.175. The molecule has 5 aromatic rings. The first-order valence-electron chi connectivity index (χ1n) is 18.1. The highest BCUT2D eigenvalue weighted by Crippen LogP contribution is 2.66. The standard InChI is InChI=1S/C44H47P/c1-2-16-32(17-3-1)45(43-24-10-22-37-39(26-28-41(37)43)35-20-8-14-30-12-4-6-18-33(30)35)44-25-11-23-38-40(27-29-42(38)44)36-21-9-15-31-13-5-7-19-34(31)36/h1-9,12-21,37-44H,10-11,22-29H2. The Morgan fingerprint density at radius 3 is 1.38 bits per heavy atom. The summed E-state index contributed by atoms with van der Waals surface area (Å²) in [6, 6.07) is 44.7. The molecule has 8 unspecified atom stereocenters. The van der Waals surface area contributed by atoms with Crippen LogP contribution in [-0.2, 0) is 0 Å². The zero-order valence-electron chi connectivity index (χ0n) is 26.6. The molecule has 4 aliphatic rings. The molecule has 0 heterocycles. The van der Waals surface area contributed by atoms with Crippen molar-refractivity contribution in [3.63, 3.8) is 0 Å². The molecule has 0 amide bonds. The van der Waals surface area contributed by atoms with E-state index in [1.54, 1.807) is 16.4 Å². The Labute approximate surface area is 271 Å². The lowest BCUT2D eigenvalue weighted by molar-refractivity contribution is 0.250. The smallest absolute Gasteiger partial charge is 0.0124 e. The minimum absolute atomic E-state index is 0.201. The van der Waals surface area contributed by atoms with Crippen LogP contribution < -0.4 is 5.30 Å². The lowest BCUT2D eigenvalue weighted by Crippen LogP contribution is -2.39. The van der Waals surface area contributed by atoms with Crippen molar-refractivity contribution in [1.82, 2.24) is 0 Å². The fourth-order valence-electron chi connectivity index (χ4n) is 11.4. The molecular formula is C44H47P. The van der Waals surface area contributed by atoms with Crippen LogP contribution in [-0.4, -0.2) is 11.3 Å². The fourth-order valence-corrected chi connectivity index (χ4v) is 15.6. The van der Waals surface area contributed by atoms with Gasteiger partial charge in [-0.2, -0.15) is 0 Å². The van der Waals surface area contributed by atoms with E-state index in [0.717, 1.165) is 46.8 Å². The molecule has 0 saturated heterocycles. The molecular weight excluding hydrogens is 559 g/mol. The van der Waals surface area contributed by atoms with Gasteiger partial charge in [0, 0.05) is 0 Å². The highest BCUT2D eigenvalue weighted by molar-refractivity contribution is 7.67. The van der Waals surface area contributed by atoms with Gasteiger partial charge in [0.15, 0.2) is 0 Å². The van der Waals surface area contributed by atoms with E-state index in [-0.39, 0.29) is 7.92 Å². The van der Waals surface area contributed by atoms with Crippen molar-refractivity contribution >= 4 is 34.8 Å². The number of hydrogen-bond acceptors (Lipinski definition) is 0. The molecule has 228 valence electrons. The Morgan fingerprint density at radius 2 is 0.844 bits per heavy atom. The maximum atomic E-state index is 2.55. The van der Waals surface area contributed by atoms with E-state index in [9.17, 15) is 0 Å². The molecule has 0 nitrogen and oxygen atoms in total. The summed E-state index contributed by atoms with van der Waals surface area (Å²) in [6.07, 6.45) is 14.3.